The van der Waals surface area contributed by atoms with Crippen molar-refractivity contribution in [2.24, 2.45) is 0 Å². The third kappa shape index (κ3) is 7.20. The van der Waals surface area contributed by atoms with E-state index in [1.54, 1.807) is 60.9 Å². The summed E-state index contributed by atoms with van der Waals surface area (Å²) in [6.45, 7) is -2.20. The molecule has 0 saturated carbocycles. The smallest absolute Gasteiger partial charge is 0.387 e. The Morgan fingerprint density at radius 1 is 1.00 bits per heavy atom. The second kappa shape index (κ2) is 13.0. The normalized spacial score (nSPS) is 14.9. The minimum absolute atomic E-state index is 0.0297. The summed E-state index contributed by atoms with van der Waals surface area (Å²) < 4.78 is 69.7. The highest BCUT2D eigenvalue weighted by atomic mass is 32.2. The van der Waals surface area contributed by atoms with Gasteiger partial charge in [-0.2, -0.15) is 8.78 Å². The van der Waals surface area contributed by atoms with Crippen LogP contribution in [0.15, 0.2) is 102 Å². The highest BCUT2D eigenvalue weighted by molar-refractivity contribution is 7.90. The number of pyridine rings is 1. The van der Waals surface area contributed by atoms with Crippen molar-refractivity contribution in [1.82, 2.24) is 9.71 Å². The van der Waals surface area contributed by atoms with Gasteiger partial charge in [0.05, 0.1) is 11.5 Å². The van der Waals surface area contributed by atoms with Crippen LogP contribution in [-0.2, 0) is 21.3 Å². The van der Waals surface area contributed by atoms with Gasteiger partial charge in [0, 0.05) is 48.4 Å². The lowest BCUT2D eigenvalue weighted by molar-refractivity contribution is -0.0632. The van der Waals surface area contributed by atoms with Gasteiger partial charge in [-0.1, -0.05) is 24.3 Å². The maximum absolute atomic E-state index is 13.1. The molecule has 1 atom stereocenters. The minimum Gasteiger partial charge on any atom is -0.461 e. The van der Waals surface area contributed by atoms with E-state index >= 15 is 0 Å². The van der Waals surface area contributed by atoms with Crippen molar-refractivity contribution in [3.63, 3.8) is 0 Å². The van der Waals surface area contributed by atoms with E-state index in [2.05, 4.69) is 9.71 Å². The van der Waals surface area contributed by atoms with Crippen molar-refractivity contribution >= 4 is 27.3 Å². The van der Waals surface area contributed by atoms with Gasteiger partial charge in [-0.25, -0.2) is 13.1 Å². The number of carbonyl (C=O) groups excluding carboxylic acids is 1. The zero-order valence-electron chi connectivity index (χ0n) is 22.2. The van der Waals surface area contributed by atoms with E-state index in [0.717, 1.165) is 12.0 Å². The molecule has 12 heteroatoms. The third-order valence-electron chi connectivity index (χ3n) is 6.39. The molecule has 1 unspecified atom stereocenters. The summed E-state index contributed by atoms with van der Waals surface area (Å²) in [4.78, 5) is 18.8. The van der Waals surface area contributed by atoms with Crippen molar-refractivity contribution in [2.45, 2.75) is 37.2 Å². The topological polar surface area (TPSA) is 107 Å². The number of nitrogens with zero attached hydrogens (tertiary/aromatic N) is 2. The predicted molar refractivity (Wildman–Crippen MR) is 150 cm³/mol. The van der Waals surface area contributed by atoms with Crippen molar-refractivity contribution in [3.05, 3.63) is 108 Å². The minimum atomic E-state index is -4.05. The second-order valence-corrected chi connectivity index (χ2v) is 11.0. The molecule has 1 aromatic heterocycles. The number of benzene rings is 3. The quantitative estimate of drug-likeness (QED) is 0.237. The lowest BCUT2D eigenvalue weighted by Gasteiger charge is -2.27. The van der Waals surface area contributed by atoms with Gasteiger partial charge in [0.25, 0.3) is 15.9 Å². The van der Waals surface area contributed by atoms with Gasteiger partial charge in [-0.05, 0) is 66.6 Å². The summed E-state index contributed by atoms with van der Waals surface area (Å²) in [5.41, 5.74) is 2.19. The van der Waals surface area contributed by atoms with Gasteiger partial charge in [0.1, 0.15) is 0 Å². The number of ether oxygens (including phenoxy) is 3. The summed E-state index contributed by atoms with van der Waals surface area (Å²) in [6.07, 6.45) is 4.16. The zero-order valence-corrected chi connectivity index (χ0v) is 23.0. The fraction of sp³-hybridized carbons (Fsp3) is 0.200. The highest BCUT2D eigenvalue weighted by Crippen LogP contribution is 2.38. The van der Waals surface area contributed by atoms with Crippen LogP contribution >= 0.6 is 0 Å². The second-order valence-electron chi connectivity index (χ2n) is 9.31. The Labute approximate surface area is 241 Å². The van der Waals surface area contributed by atoms with Gasteiger partial charge in [0.15, 0.2) is 17.8 Å². The third-order valence-corrected chi connectivity index (χ3v) is 7.73. The van der Waals surface area contributed by atoms with Gasteiger partial charge in [0.2, 0.25) is 0 Å². The molecule has 1 fully saturated rings. The number of amides is 1. The number of nitrogens with one attached hydrogen (secondary N) is 1. The first kappa shape index (κ1) is 29.0. The molecule has 9 nitrogen and oxygen atoms in total. The molecular weight excluding hydrogens is 568 g/mol. The van der Waals surface area contributed by atoms with Crippen LogP contribution in [-0.4, -0.2) is 38.8 Å². The van der Waals surface area contributed by atoms with Gasteiger partial charge in [-0.3, -0.25) is 9.78 Å². The Bertz CT molecular complexity index is 1600. The first-order chi connectivity index (χ1) is 20.3. The van der Waals surface area contributed by atoms with E-state index in [0.29, 0.717) is 30.9 Å². The molecule has 1 aliphatic rings. The number of rotatable bonds is 11. The first-order valence-corrected chi connectivity index (χ1v) is 14.5. The molecule has 5 rings (SSSR count). The van der Waals surface area contributed by atoms with Gasteiger partial charge >= 0.3 is 6.61 Å². The van der Waals surface area contributed by atoms with Crippen LogP contribution in [0.25, 0.3) is 0 Å². The molecule has 4 aromatic rings. The number of anilines is 2. The SMILES string of the molecule is O=C(NS(=O)(=O)c1ccccc1)c1ccc(N(Cc2cccnc2)c2ccc(OC(F)F)c(OC3CCCO3)c2)cc1. The van der Waals surface area contributed by atoms with Crippen LogP contribution < -0.4 is 19.1 Å². The van der Waals surface area contributed by atoms with Crippen LogP contribution in [0.4, 0.5) is 20.2 Å². The first-order valence-electron chi connectivity index (χ1n) is 13.0. The summed E-state index contributed by atoms with van der Waals surface area (Å²) >= 11 is 0. The number of sulfonamides is 1. The van der Waals surface area contributed by atoms with E-state index in [4.69, 9.17) is 14.2 Å². The Balaban J connectivity index is 1.44. The number of hydrogen-bond donors (Lipinski definition) is 1. The fourth-order valence-electron chi connectivity index (χ4n) is 4.37. The van der Waals surface area contributed by atoms with Crippen molar-refractivity contribution in [3.8, 4) is 11.5 Å². The van der Waals surface area contributed by atoms with Crippen molar-refractivity contribution in [2.75, 3.05) is 11.5 Å². The number of aromatic nitrogens is 1. The van der Waals surface area contributed by atoms with Crippen molar-refractivity contribution in [1.29, 1.82) is 0 Å². The Hall–Kier alpha value is -4.55. The van der Waals surface area contributed by atoms with E-state index in [9.17, 15) is 22.0 Å². The van der Waals surface area contributed by atoms with E-state index in [1.165, 1.54) is 30.3 Å². The standard InChI is InChI=1S/C30H27F2N3O6S/c31-30(32)41-26-15-14-24(18-27(26)40-28-9-5-17-39-28)35(20-21-6-4-16-33-19-21)23-12-10-22(11-13-23)29(36)34-42(37,38)25-7-2-1-3-8-25/h1-4,6-8,10-16,18-19,28,30H,5,9,17,20H2,(H,34,36). The molecular formula is C30H27F2N3O6S. The number of alkyl halides is 2. The zero-order chi connectivity index (χ0) is 29.5. The summed E-state index contributed by atoms with van der Waals surface area (Å²) in [5, 5.41) is 0. The molecule has 3 aromatic carbocycles. The molecule has 42 heavy (non-hydrogen) atoms. The predicted octanol–water partition coefficient (Wildman–Crippen LogP) is 5.66. The molecule has 218 valence electrons. The van der Waals surface area contributed by atoms with E-state index in [-0.39, 0.29) is 22.0 Å². The number of hydrogen-bond acceptors (Lipinski definition) is 8. The molecule has 1 aliphatic heterocycles. The molecule has 0 bridgehead atoms. The summed E-state index contributed by atoms with van der Waals surface area (Å²) in [5.74, 6) is -0.819. The van der Waals surface area contributed by atoms with Crippen LogP contribution in [0.2, 0.25) is 0 Å². The number of carbonyl (C=O) groups is 1. The molecule has 1 N–H and O–H groups in total. The van der Waals surface area contributed by atoms with E-state index in [1.807, 2.05) is 11.0 Å². The lowest BCUT2D eigenvalue weighted by atomic mass is 10.1. The highest BCUT2D eigenvalue weighted by Gasteiger charge is 2.23. The van der Waals surface area contributed by atoms with Crippen LogP contribution in [0, 0.1) is 0 Å². The average Bonchev–Trinajstić information content (AvgIpc) is 3.51. The van der Waals surface area contributed by atoms with Crippen LogP contribution in [0.5, 0.6) is 11.5 Å². The van der Waals surface area contributed by atoms with Crippen LogP contribution in [0.1, 0.15) is 28.8 Å². The maximum Gasteiger partial charge on any atom is 0.387 e. The van der Waals surface area contributed by atoms with Crippen molar-refractivity contribution < 1.29 is 36.2 Å². The maximum atomic E-state index is 13.1. The summed E-state index contributed by atoms with van der Waals surface area (Å²) in [6, 6.07) is 22.2. The largest absolute Gasteiger partial charge is 0.461 e. The Morgan fingerprint density at radius 3 is 2.43 bits per heavy atom. The molecule has 0 aliphatic carbocycles. The average molecular weight is 596 g/mol. The van der Waals surface area contributed by atoms with E-state index < -0.39 is 28.8 Å². The Morgan fingerprint density at radius 2 is 1.76 bits per heavy atom. The fourth-order valence-corrected chi connectivity index (χ4v) is 5.37. The monoisotopic (exact) mass is 595 g/mol. The molecule has 2 heterocycles. The van der Waals surface area contributed by atoms with Crippen LogP contribution in [0.3, 0.4) is 0 Å². The number of halogens is 2. The van der Waals surface area contributed by atoms with Gasteiger partial charge in [-0.15, -0.1) is 0 Å². The van der Waals surface area contributed by atoms with Gasteiger partial charge < -0.3 is 19.1 Å². The molecule has 1 amide bonds. The summed E-state index contributed by atoms with van der Waals surface area (Å²) in [7, 11) is -4.05. The lowest BCUT2D eigenvalue weighted by Crippen LogP contribution is -2.30. The molecule has 0 radical (unpaired) electrons. The Kier molecular flexibility index (Phi) is 8.94. The molecule has 0 spiro atoms. The molecule has 1 saturated heterocycles.